The van der Waals surface area contributed by atoms with Gasteiger partial charge in [-0.05, 0) is 54.1 Å². The Morgan fingerprint density at radius 3 is 1.90 bits per heavy atom. The van der Waals surface area contributed by atoms with E-state index in [1.165, 1.54) is 29.2 Å². The molecule has 1 aliphatic rings. The predicted molar refractivity (Wildman–Crippen MR) is 121 cm³/mol. The maximum Gasteiger partial charge on any atom is 0.282 e. The number of hydrogen-bond donors (Lipinski definition) is 0. The molecule has 0 saturated heterocycles. The fourth-order valence-electron chi connectivity index (χ4n) is 3.62. The van der Waals surface area contributed by atoms with Gasteiger partial charge in [-0.3, -0.25) is 9.59 Å². The highest BCUT2D eigenvalue weighted by molar-refractivity contribution is 6.46. The number of imide groups is 1. The van der Waals surface area contributed by atoms with Crippen LogP contribution in [0.25, 0.3) is 5.57 Å². The van der Waals surface area contributed by atoms with Gasteiger partial charge in [-0.2, -0.15) is 0 Å². The Labute approximate surface area is 180 Å². The Balaban J connectivity index is 1.83. The zero-order chi connectivity index (χ0) is 22.1. The minimum atomic E-state index is -0.438. The summed E-state index contributed by atoms with van der Waals surface area (Å²) in [6.45, 7) is 0. The van der Waals surface area contributed by atoms with Gasteiger partial charge in [0, 0.05) is 32.5 Å². The quantitative estimate of drug-likeness (QED) is 0.583. The smallest absolute Gasteiger partial charge is 0.282 e. The van der Waals surface area contributed by atoms with Crippen molar-refractivity contribution in [2.45, 2.75) is 0 Å². The molecule has 1 heterocycles. The van der Waals surface area contributed by atoms with Crippen molar-refractivity contribution >= 4 is 34.4 Å². The van der Waals surface area contributed by atoms with E-state index in [0.717, 1.165) is 11.4 Å². The van der Waals surface area contributed by atoms with Crippen molar-refractivity contribution in [1.29, 1.82) is 0 Å². The van der Waals surface area contributed by atoms with Gasteiger partial charge in [0.25, 0.3) is 11.8 Å². The van der Waals surface area contributed by atoms with Gasteiger partial charge in [0.2, 0.25) is 0 Å². The van der Waals surface area contributed by atoms with Crippen LogP contribution >= 0.6 is 0 Å². The highest BCUT2D eigenvalue weighted by atomic mass is 19.1. The van der Waals surface area contributed by atoms with E-state index in [9.17, 15) is 14.0 Å². The van der Waals surface area contributed by atoms with Gasteiger partial charge in [-0.25, -0.2) is 9.29 Å². The summed E-state index contributed by atoms with van der Waals surface area (Å²) in [5.41, 5.74) is 3.19. The monoisotopic (exact) mass is 415 g/mol. The Kier molecular flexibility index (Phi) is 5.29. The number of anilines is 3. The molecule has 5 nitrogen and oxygen atoms in total. The molecule has 0 N–H and O–H groups in total. The summed E-state index contributed by atoms with van der Waals surface area (Å²) in [5.74, 6) is -1.27. The number of carbonyl (C=O) groups excluding carboxylic acids is 2. The zero-order valence-corrected chi connectivity index (χ0v) is 17.5. The molecule has 0 aromatic heterocycles. The fourth-order valence-corrected chi connectivity index (χ4v) is 3.62. The molecule has 6 heteroatoms. The number of nitrogens with zero attached hydrogens (tertiary/aromatic N) is 3. The second-order valence-corrected chi connectivity index (χ2v) is 7.48. The number of halogens is 1. The molecule has 156 valence electrons. The average Bonchev–Trinajstić information content (AvgIpc) is 3.04. The Morgan fingerprint density at radius 2 is 1.32 bits per heavy atom. The molecule has 2 amide bonds. The van der Waals surface area contributed by atoms with Gasteiger partial charge in [0.15, 0.2) is 0 Å². The van der Waals surface area contributed by atoms with Gasteiger partial charge in [0.05, 0.1) is 11.3 Å². The third-order valence-electron chi connectivity index (χ3n) is 5.30. The number of amides is 2. The molecule has 3 aromatic carbocycles. The minimum Gasteiger partial charge on any atom is -0.378 e. The molecular formula is C25H22FN3O2. The third-order valence-corrected chi connectivity index (χ3v) is 5.30. The standard InChI is InChI=1S/C25H22FN3O2/c1-27(2)19-13-15-21(16-14-19)29-24(30)22(17-9-11-18(26)12-10-17)23(25(29)31)28(3)20-7-5-4-6-8-20/h4-16H,1-3H3. The van der Waals surface area contributed by atoms with Crippen LogP contribution in [-0.2, 0) is 9.59 Å². The lowest BCUT2D eigenvalue weighted by Gasteiger charge is -2.22. The van der Waals surface area contributed by atoms with E-state index in [1.54, 1.807) is 24.1 Å². The molecule has 0 fully saturated rings. The highest BCUT2D eigenvalue weighted by Gasteiger charge is 2.42. The number of rotatable bonds is 5. The van der Waals surface area contributed by atoms with E-state index in [0.29, 0.717) is 11.3 Å². The van der Waals surface area contributed by atoms with Gasteiger partial charge in [-0.15, -0.1) is 0 Å². The van der Waals surface area contributed by atoms with Gasteiger partial charge in [0.1, 0.15) is 11.5 Å². The molecule has 1 aliphatic heterocycles. The number of carbonyl (C=O) groups is 2. The number of hydrogen-bond acceptors (Lipinski definition) is 4. The third kappa shape index (κ3) is 3.68. The molecule has 0 unspecified atom stereocenters. The first kappa shape index (κ1) is 20.3. The molecule has 4 rings (SSSR count). The summed E-state index contributed by atoms with van der Waals surface area (Å²) in [5, 5.41) is 0. The molecule has 3 aromatic rings. The summed E-state index contributed by atoms with van der Waals surface area (Å²) >= 11 is 0. The van der Waals surface area contributed by atoms with E-state index >= 15 is 0 Å². The number of likely N-dealkylation sites (N-methyl/N-ethyl adjacent to an activating group) is 1. The lowest BCUT2D eigenvalue weighted by atomic mass is 10.0. The SMILES string of the molecule is CN(C)c1ccc(N2C(=O)C(c3ccc(F)cc3)=C(N(C)c3ccccc3)C2=O)cc1. The molecule has 0 atom stereocenters. The largest absolute Gasteiger partial charge is 0.378 e. The summed E-state index contributed by atoms with van der Waals surface area (Å²) in [4.78, 5) is 31.8. The predicted octanol–water partition coefficient (Wildman–Crippen LogP) is 4.31. The molecule has 0 saturated carbocycles. The van der Waals surface area contributed by atoms with Crippen LogP contribution < -0.4 is 14.7 Å². The van der Waals surface area contributed by atoms with E-state index in [2.05, 4.69) is 0 Å². The average molecular weight is 415 g/mol. The second-order valence-electron chi connectivity index (χ2n) is 7.48. The van der Waals surface area contributed by atoms with E-state index in [4.69, 9.17) is 0 Å². The fraction of sp³-hybridized carbons (Fsp3) is 0.120. The topological polar surface area (TPSA) is 43.9 Å². The Bertz CT molecular complexity index is 1150. The molecule has 31 heavy (non-hydrogen) atoms. The van der Waals surface area contributed by atoms with Crippen LogP contribution in [0, 0.1) is 5.82 Å². The van der Waals surface area contributed by atoms with E-state index in [1.807, 2.05) is 61.5 Å². The van der Waals surface area contributed by atoms with Gasteiger partial charge in [-0.1, -0.05) is 30.3 Å². The summed E-state index contributed by atoms with van der Waals surface area (Å²) < 4.78 is 13.5. The van der Waals surface area contributed by atoms with Crippen molar-refractivity contribution in [1.82, 2.24) is 0 Å². The van der Waals surface area contributed by atoms with Gasteiger partial charge < -0.3 is 9.80 Å². The summed E-state index contributed by atoms with van der Waals surface area (Å²) in [6, 6.07) is 22.2. The van der Waals surface area contributed by atoms with Crippen molar-refractivity contribution in [3.05, 3.63) is 95.9 Å². The molecular weight excluding hydrogens is 393 g/mol. The van der Waals surface area contributed by atoms with E-state index < -0.39 is 17.6 Å². The number of benzene rings is 3. The van der Waals surface area contributed by atoms with Gasteiger partial charge >= 0.3 is 0 Å². The zero-order valence-electron chi connectivity index (χ0n) is 17.5. The van der Waals surface area contributed by atoms with Crippen LogP contribution in [0.3, 0.4) is 0 Å². The van der Waals surface area contributed by atoms with Crippen LogP contribution in [-0.4, -0.2) is 33.0 Å². The Hall–Kier alpha value is -3.93. The van der Waals surface area contributed by atoms with Crippen molar-refractivity contribution in [3.8, 4) is 0 Å². The maximum absolute atomic E-state index is 13.5. The highest BCUT2D eigenvalue weighted by Crippen LogP contribution is 2.36. The first-order chi connectivity index (χ1) is 14.9. The van der Waals surface area contributed by atoms with Crippen LogP contribution in [0.1, 0.15) is 5.56 Å². The van der Waals surface area contributed by atoms with Crippen LogP contribution in [0.5, 0.6) is 0 Å². The molecule has 0 aliphatic carbocycles. The van der Waals surface area contributed by atoms with E-state index in [-0.39, 0.29) is 11.3 Å². The lowest BCUT2D eigenvalue weighted by Crippen LogP contribution is -2.34. The maximum atomic E-state index is 13.5. The van der Waals surface area contributed by atoms with Crippen molar-refractivity contribution in [2.75, 3.05) is 35.8 Å². The normalized spacial score (nSPS) is 13.7. The lowest BCUT2D eigenvalue weighted by molar-refractivity contribution is -0.120. The van der Waals surface area contributed by atoms with Crippen molar-refractivity contribution in [2.24, 2.45) is 0 Å². The molecule has 0 bridgehead atoms. The van der Waals surface area contributed by atoms with Crippen LogP contribution in [0.15, 0.2) is 84.6 Å². The second kappa shape index (κ2) is 8.07. The minimum absolute atomic E-state index is 0.244. The summed E-state index contributed by atoms with van der Waals surface area (Å²) in [7, 11) is 5.59. The van der Waals surface area contributed by atoms with Crippen molar-refractivity contribution < 1.29 is 14.0 Å². The molecule has 0 radical (unpaired) electrons. The van der Waals surface area contributed by atoms with Crippen LogP contribution in [0.4, 0.5) is 21.5 Å². The molecule has 0 spiro atoms. The number of para-hydroxylation sites is 1. The Morgan fingerprint density at radius 1 is 0.710 bits per heavy atom. The van der Waals surface area contributed by atoms with Crippen LogP contribution in [0.2, 0.25) is 0 Å². The summed E-state index contributed by atoms with van der Waals surface area (Å²) in [6.07, 6.45) is 0. The first-order valence-electron chi connectivity index (χ1n) is 9.83. The van der Waals surface area contributed by atoms with Crippen molar-refractivity contribution in [3.63, 3.8) is 0 Å². The first-order valence-corrected chi connectivity index (χ1v) is 9.83.